The predicted octanol–water partition coefficient (Wildman–Crippen LogP) is 5.24. The molecule has 1 heterocycles. The van der Waals surface area contributed by atoms with Crippen LogP contribution in [0.3, 0.4) is 0 Å². The minimum atomic E-state index is 0.0497. The summed E-state index contributed by atoms with van der Waals surface area (Å²) in [4.78, 5) is 15.0. The smallest absolute Gasteiger partial charge is 0.259 e. The second-order valence-corrected chi connectivity index (χ2v) is 8.01. The first kappa shape index (κ1) is 19.7. The van der Waals surface area contributed by atoms with Gasteiger partial charge in [-0.05, 0) is 65.3 Å². The molecule has 0 bridgehead atoms. The van der Waals surface area contributed by atoms with Gasteiger partial charge in [0.05, 0.1) is 23.0 Å². The van der Waals surface area contributed by atoms with Gasteiger partial charge in [0.25, 0.3) is 5.91 Å². The molecule has 0 aromatic heterocycles. The Morgan fingerprint density at radius 1 is 1.22 bits per heavy atom. The number of halogens is 1. The molecule has 3 rings (SSSR count). The van der Waals surface area contributed by atoms with Gasteiger partial charge in [-0.2, -0.15) is 0 Å². The minimum absolute atomic E-state index is 0.0497. The minimum Gasteiger partial charge on any atom is -0.492 e. The number of nitrogens with zero attached hydrogens (tertiary/aromatic N) is 1. The third kappa shape index (κ3) is 3.98. The number of para-hydroxylation sites is 1. The normalized spacial score (nSPS) is 14.8. The zero-order chi connectivity index (χ0) is 19.6. The molecule has 0 saturated heterocycles. The fourth-order valence-electron chi connectivity index (χ4n) is 3.29. The van der Waals surface area contributed by atoms with Crippen molar-refractivity contribution < 1.29 is 14.3 Å². The van der Waals surface area contributed by atoms with E-state index in [1.807, 2.05) is 54.3 Å². The number of benzene rings is 2. The average Bonchev–Trinajstić information content (AvgIpc) is 2.87. The Morgan fingerprint density at radius 3 is 2.63 bits per heavy atom. The van der Waals surface area contributed by atoms with Crippen LogP contribution in [0.15, 0.2) is 36.4 Å². The van der Waals surface area contributed by atoms with Crippen molar-refractivity contribution in [3.63, 3.8) is 0 Å². The molecule has 0 aliphatic carbocycles. The highest BCUT2D eigenvalue weighted by molar-refractivity contribution is 14.1. The third-order valence-corrected chi connectivity index (χ3v) is 5.16. The van der Waals surface area contributed by atoms with E-state index in [4.69, 9.17) is 9.47 Å². The molecule has 0 unspecified atom stereocenters. The van der Waals surface area contributed by atoms with Crippen LogP contribution in [0.1, 0.15) is 31.9 Å². The lowest BCUT2D eigenvalue weighted by Gasteiger charge is -2.19. The third-order valence-electron chi connectivity index (χ3n) is 4.36. The monoisotopic (exact) mass is 477 g/mol. The van der Waals surface area contributed by atoms with Crippen LogP contribution in [-0.2, 0) is 4.79 Å². The van der Waals surface area contributed by atoms with E-state index < -0.39 is 0 Å². The molecule has 1 aliphatic heterocycles. The van der Waals surface area contributed by atoms with Gasteiger partial charge < -0.3 is 14.4 Å². The second-order valence-electron chi connectivity index (χ2n) is 6.85. The van der Waals surface area contributed by atoms with Crippen molar-refractivity contribution in [1.82, 2.24) is 0 Å². The van der Waals surface area contributed by atoms with Gasteiger partial charge in [-0.3, -0.25) is 4.79 Å². The molecule has 0 spiro atoms. The van der Waals surface area contributed by atoms with Crippen molar-refractivity contribution in [2.45, 2.75) is 20.8 Å². The first-order chi connectivity index (χ1) is 13.0. The van der Waals surface area contributed by atoms with Crippen LogP contribution in [0.2, 0.25) is 0 Å². The van der Waals surface area contributed by atoms with E-state index in [2.05, 4.69) is 36.4 Å². The molecular weight excluding hydrogens is 453 g/mol. The summed E-state index contributed by atoms with van der Waals surface area (Å²) in [6.07, 6.45) is 1.95. The highest BCUT2D eigenvalue weighted by atomic mass is 127. The number of hydrogen-bond donors (Lipinski definition) is 0. The molecular formula is C22H24INO3. The van der Waals surface area contributed by atoms with E-state index in [1.54, 1.807) is 7.11 Å². The summed E-state index contributed by atoms with van der Waals surface area (Å²) in [6.45, 7) is 7.45. The lowest BCUT2D eigenvalue weighted by atomic mass is 10.0. The molecule has 0 saturated carbocycles. The van der Waals surface area contributed by atoms with Crippen LogP contribution in [0.25, 0.3) is 11.6 Å². The largest absolute Gasteiger partial charge is 0.492 e. The number of fused-ring (bicyclic) bond motifs is 1. The maximum atomic E-state index is 13.1. The summed E-state index contributed by atoms with van der Waals surface area (Å²) in [5.41, 5.74) is 3.60. The van der Waals surface area contributed by atoms with E-state index in [0.29, 0.717) is 24.8 Å². The average molecular weight is 477 g/mol. The lowest BCUT2D eigenvalue weighted by Crippen LogP contribution is -2.30. The number of anilines is 1. The maximum absolute atomic E-state index is 13.1. The predicted molar refractivity (Wildman–Crippen MR) is 118 cm³/mol. The molecule has 2 aromatic carbocycles. The van der Waals surface area contributed by atoms with E-state index in [0.717, 1.165) is 31.7 Å². The Balaban J connectivity index is 2.08. The van der Waals surface area contributed by atoms with Crippen LogP contribution in [-0.4, -0.2) is 26.2 Å². The number of carbonyl (C=O) groups excluding carboxylic acids is 1. The van der Waals surface area contributed by atoms with Crippen molar-refractivity contribution in [3.05, 3.63) is 51.1 Å². The number of methoxy groups -OCH3 is 1. The van der Waals surface area contributed by atoms with Crippen LogP contribution in [0.5, 0.6) is 11.5 Å². The molecule has 1 amide bonds. The summed E-state index contributed by atoms with van der Waals surface area (Å²) in [6, 6.07) is 11.9. The highest BCUT2D eigenvalue weighted by Gasteiger charge is 2.32. The summed E-state index contributed by atoms with van der Waals surface area (Å²) >= 11 is 2.23. The lowest BCUT2D eigenvalue weighted by molar-refractivity contribution is -0.113. The summed E-state index contributed by atoms with van der Waals surface area (Å²) in [7, 11) is 1.64. The Hall–Kier alpha value is -2.02. The topological polar surface area (TPSA) is 38.8 Å². The molecule has 142 valence electrons. The van der Waals surface area contributed by atoms with Crippen LogP contribution in [0, 0.1) is 9.49 Å². The second kappa shape index (κ2) is 8.33. The zero-order valence-corrected chi connectivity index (χ0v) is 18.2. The van der Waals surface area contributed by atoms with Crippen LogP contribution >= 0.6 is 22.6 Å². The summed E-state index contributed by atoms with van der Waals surface area (Å²) in [5, 5.41) is 0. The highest BCUT2D eigenvalue weighted by Crippen LogP contribution is 2.40. The Bertz CT molecular complexity index is 889. The SMILES string of the molecule is CCOc1cc(/C=C2\C(=O)N(CC(C)C)c3ccccc32)cc(I)c1OC. The number of hydrogen-bond acceptors (Lipinski definition) is 3. The fraction of sp³-hybridized carbons (Fsp3) is 0.318. The Morgan fingerprint density at radius 2 is 1.96 bits per heavy atom. The van der Waals surface area contributed by atoms with Gasteiger partial charge in [0.1, 0.15) is 0 Å². The Labute approximate surface area is 174 Å². The van der Waals surface area contributed by atoms with E-state index in [1.165, 1.54) is 0 Å². The molecule has 27 heavy (non-hydrogen) atoms. The molecule has 0 fully saturated rings. The van der Waals surface area contributed by atoms with Crippen molar-refractivity contribution in [3.8, 4) is 11.5 Å². The van der Waals surface area contributed by atoms with Gasteiger partial charge in [-0.25, -0.2) is 0 Å². The first-order valence-corrected chi connectivity index (χ1v) is 10.2. The molecule has 1 aliphatic rings. The zero-order valence-electron chi connectivity index (χ0n) is 16.1. The van der Waals surface area contributed by atoms with Gasteiger partial charge in [0, 0.05) is 17.7 Å². The number of carbonyl (C=O) groups is 1. The van der Waals surface area contributed by atoms with Crippen molar-refractivity contribution in [2.75, 3.05) is 25.2 Å². The van der Waals surface area contributed by atoms with E-state index in [-0.39, 0.29) is 5.91 Å². The molecule has 5 heteroatoms. The first-order valence-electron chi connectivity index (χ1n) is 9.09. The van der Waals surface area contributed by atoms with Crippen molar-refractivity contribution in [1.29, 1.82) is 0 Å². The van der Waals surface area contributed by atoms with Crippen molar-refractivity contribution >= 4 is 45.8 Å². The van der Waals surface area contributed by atoms with E-state index in [9.17, 15) is 4.79 Å². The van der Waals surface area contributed by atoms with Gasteiger partial charge in [-0.1, -0.05) is 32.0 Å². The number of rotatable bonds is 6. The van der Waals surface area contributed by atoms with Gasteiger partial charge in [0.2, 0.25) is 0 Å². The van der Waals surface area contributed by atoms with Gasteiger partial charge in [0.15, 0.2) is 11.5 Å². The molecule has 4 nitrogen and oxygen atoms in total. The molecule has 0 N–H and O–H groups in total. The molecule has 0 atom stereocenters. The van der Waals surface area contributed by atoms with Crippen molar-refractivity contribution in [2.24, 2.45) is 5.92 Å². The summed E-state index contributed by atoms with van der Waals surface area (Å²) < 4.78 is 12.1. The molecule has 0 radical (unpaired) electrons. The van der Waals surface area contributed by atoms with Gasteiger partial charge in [-0.15, -0.1) is 0 Å². The molecule has 2 aromatic rings. The standard InChI is InChI=1S/C22H24INO3/c1-5-27-20-12-15(11-18(23)21(20)26-4)10-17-16-8-6-7-9-19(16)24(22(17)25)13-14(2)3/h6-12,14H,5,13H2,1-4H3/b17-10-. The van der Waals surface area contributed by atoms with Crippen LogP contribution in [0.4, 0.5) is 5.69 Å². The van der Waals surface area contributed by atoms with E-state index >= 15 is 0 Å². The number of amides is 1. The maximum Gasteiger partial charge on any atom is 0.259 e. The Kier molecular flexibility index (Phi) is 6.09. The quantitative estimate of drug-likeness (QED) is 0.422. The van der Waals surface area contributed by atoms with Crippen LogP contribution < -0.4 is 14.4 Å². The van der Waals surface area contributed by atoms with Gasteiger partial charge >= 0.3 is 0 Å². The fourth-order valence-corrected chi connectivity index (χ4v) is 4.14. The number of ether oxygens (including phenoxy) is 2. The summed E-state index contributed by atoms with van der Waals surface area (Å²) in [5.74, 6) is 1.86.